The minimum atomic E-state index is -0.768. The Hall–Kier alpha value is -2.23. The van der Waals surface area contributed by atoms with Gasteiger partial charge in [-0.15, -0.1) is 12.4 Å². The van der Waals surface area contributed by atoms with E-state index in [-0.39, 0.29) is 34.6 Å². The van der Waals surface area contributed by atoms with Gasteiger partial charge in [-0.3, -0.25) is 4.52 Å². The first-order valence-corrected chi connectivity index (χ1v) is 7.05. The molecular formula is C13H12Cl2FN5O3. The van der Waals surface area contributed by atoms with Crippen LogP contribution in [0.25, 0.3) is 17.2 Å². The van der Waals surface area contributed by atoms with Crippen molar-refractivity contribution in [3.05, 3.63) is 45.3 Å². The van der Waals surface area contributed by atoms with E-state index in [9.17, 15) is 9.18 Å². The third kappa shape index (κ3) is 3.32. The lowest BCUT2D eigenvalue weighted by molar-refractivity contribution is 0.304. The van der Waals surface area contributed by atoms with Crippen LogP contribution in [-0.4, -0.2) is 26.6 Å². The molecule has 0 saturated carbocycles. The third-order valence-electron chi connectivity index (χ3n) is 3.15. The second-order valence-corrected chi connectivity index (χ2v) is 5.06. The van der Waals surface area contributed by atoms with Crippen molar-refractivity contribution in [3.8, 4) is 17.2 Å². The molecule has 0 radical (unpaired) electrons. The first-order valence-electron chi connectivity index (χ1n) is 6.68. The molecule has 0 aliphatic rings. The summed E-state index contributed by atoms with van der Waals surface area (Å²) < 4.78 is 23.8. The molecule has 2 aromatic heterocycles. The lowest BCUT2D eigenvalue weighted by Crippen LogP contribution is -2.14. The summed E-state index contributed by atoms with van der Waals surface area (Å²) in [6.45, 7) is 0.464. The van der Waals surface area contributed by atoms with Crippen LogP contribution in [0.3, 0.4) is 0 Å². The van der Waals surface area contributed by atoms with Crippen LogP contribution in [0.2, 0.25) is 5.02 Å². The molecule has 24 heavy (non-hydrogen) atoms. The Morgan fingerprint density at radius 2 is 2.08 bits per heavy atom. The summed E-state index contributed by atoms with van der Waals surface area (Å²) in [4.78, 5) is 12.0. The molecule has 0 amide bonds. The van der Waals surface area contributed by atoms with Gasteiger partial charge in [-0.1, -0.05) is 21.9 Å². The molecule has 0 aliphatic heterocycles. The molecule has 3 rings (SSSR count). The molecule has 8 nitrogen and oxygen atoms in total. The summed E-state index contributed by atoms with van der Waals surface area (Å²) in [5, 5.41) is 11.1. The molecule has 0 saturated heterocycles. The van der Waals surface area contributed by atoms with E-state index in [1.165, 1.54) is 12.1 Å². The van der Waals surface area contributed by atoms with Crippen molar-refractivity contribution < 1.29 is 13.5 Å². The summed E-state index contributed by atoms with van der Waals surface area (Å²) in [5.74, 6) is -1.28. The van der Waals surface area contributed by atoms with E-state index in [1.54, 1.807) is 0 Å². The number of benzene rings is 1. The Bertz CT molecular complexity index is 892. The number of nitrogens with zero attached hydrogens (tertiary/aromatic N) is 4. The standard InChI is InChI=1S/C13H11ClFN5O3.ClH/c14-8-6-7(3-4-9(8)15)20-12(19-22-13(20)21)11-10(2-1-5-16)17-23-18-11;/h3-4,6H,1-2,5,16H2;1H. The molecule has 0 bridgehead atoms. The maximum absolute atomic E-state index is 13.3. The average Bonchev–Trinajstić information content (AvgIpc) is 3.14. The quantitative estimate of drug-likeness (QED) is 0.724. The Balaban J connectivity index is 0.00000208. The second kappa shape index (κ2) is 7.56. The van der Waals surface area contributed by atoms with Crippen LogP contribution in [0.1, 0.15) is 12.1 Å². The Kier molecular flexibility index (Phi) is 5.71. The fraction of sp³-hybridized carbons (Fsp3) is 0.231. The van der Waals surface area contributed by atoms with Crippen molar-refractivity contribution in [2.75, 3.05) is 6.54 Å². The van der Waals surface area contributed by atoms with E-state index in [0.717, 1.165) is 10.6 Å². The number of hydrogen-bond acceptors (Lipinski definition) is 7. The molecule has 3 aromatic rings. The van der Waals surface area contributed by atoms with Crippen LogP contribution in [0, 0.1) is 5.82 Å². The van der Waals surface area contributed by atoms with Gasteiger partial charge in [-0.25, -0.2) is 18.4 Å². The second-order valence-electron chi connectivity index (χ2n) is 4.66. The summed E-state index contributed by atoms with van der Waals surface area (Å²) >= 11 is 5.76. The van der Waals surface area contributed by atoms with Crippen molar-refractivity contribution in [2.24, 2.45) is 5.73 Å². The van der Waals surface area contributed by atoms with Crippen LogP contribution in [0.5, 0.6) is 0 Å². The van der Waals surface area contributed by atoms with E-state index in [1.807, 2.05) is 0 Å². The highest BCUT2D eigenvalue weighted by Gasteiger charge is 2.22. The Morgan fingerprint density at radius 1 is 1.29 bits per heavy atom. The fourth-order valence-electron chi connectivity index (χ4n) is 2.06. The van der Waals surface area contributed by atoms with E-state index in [2.05, 4.69) is 20.0 Å². The molecule has 0 atom stereocenters. The molecule has 0 unspecified atom stereocenters. The topological polar surface area (TPSA) is 113 Å². The Labute approximate surface area is 145 Å². The van der Waals surface area contributed by atoms with Crippen LogP contribution >= 0.6 is 24.0 Å². The number of nitrogens with two attached hydrogens (primary N) is 1. The van der Waals surface area contributed by atoms with Gasteiger partial charge in [0.15, 0.2) is 5.69 Å². The lowest BCUT2D eigenvalue weighted by Gasteiger charge is -2.04. The van der Waals surface area contributed by atoms with E-state index in [4.69, 9.17) is 22.0 Å². The van der Waals surface area contributed by atoms with E-state index >= 15 is 0 Å². The normalized spacial score (nSPS) is 10.6. The van der Waals surface area contributed by atoms with Crippen LogP contribution in [0.4, 0.5) is 4.39 Å². The summed E-state index contributed by atoms with van der Waals surface area (Å²) in [6, 6.07) is 3.79. The average molecular weight is 376 g/mol. The van der Waals surface area contributed by atoms with Gasteiger partial charge >= 0.3 is 5.76 Å². The molecule has 128 valence electrons. The van der Waals surface area contributed by atoms with Crippen molar-refractivity contribution in [1.82, 2.24) is 20.0 Å². The van der Waals surface area contributed by atoms with Gasteiger partial charge in [-0.05, 0) is 42.7 Å². The minimum Gasteiger partial charge on any atom is -0.330 e. The third-order valence-corrected chi connectivity index (χ3v) is 3.44. The number of aryl methyl sites for hydroxylation is 1. The monoisotopic (exact) mass is 375 g/mol. The molecule has 1 aromatic carbocycles. The predicted octanol–water partition coefficient (Wildman–Crippen LogP) is 1.98. The van der Waals surface area contributed by atoms with Crippen LogP contribution < -0.4 is 11.5 Å². The van der Waals surface area contributed by atoms with E-state index < -0.39 is 11.6 Å². The van der Waals surface area contributed by atoms with Crippen molar-refractivity contribution >= 4 is 24.0 Å². The summed E-state index contributed by atoms with van der Waals surface area (Å²) in [7, 11) is 0. The SMILES string of the molecule is Cl.NCCCc1nonc1-c1noc(=O)n1-c1ccc(F)c(Cl)c1. The largest absolute Gasteiger partial charge is 0.446 e. The number of aromatic nitrogens is 4. The smallest absolute Gasteiger partial charge is 0.330 e. The van der Waals surface area contributed by atoms with Crippen molar-refractivity contribution in [2.45, 2.75) is 12.8 Å². The highest BCUT2D eigenvalue weighted by molar-refractivity contribution is 6.30. The van der Waals surface area contributed by atoms with Crippen LogP contribution in [0.15, 0.2) is 32.1 Å². The number of rotatable bonds is 5. The maximum atomic E-state index is 13.3. The molecule has 0 spiro atoms. The zero-order valence-electron chi connectivity index (χ0n) is 12.1. The molecule has 11 heteroatoms. The van der Waals surface area contributed by atoms with Gasteiger partial charge in [0.1, 0.15) is 11.5 Å². The maximum Gasteiger partial charge on any atom is 0.446 e. The number of halogens is 3. The van der Waals surface area contributed by atoms with Crippen LogP contribution in [-0.2, 0) is 6.42 Å². The number of hydrogen-bond donors (Lipinski definition) is 1. The highest BCUT2D eigenvalue weighted by Crippen LogP contribution is 2.24. The Morgan fingerprint density at radius 3 is 2.79 bits per heavy atom. The molecule has 0 fully saturated rings. The highest BCUT2D eigenvalue weighted by atomic mass is 35.5. The minimum absolute atomic E-state index is 0. The van der Waals surface area contributed by atoms with Crippen molar-refractivity contribution in [1.29, 1.82) is 0 Å². The zero-order valence-corrected chi connectivity index (χ0v) is 13.7. The summed E-state index contributed by atoms with van der Waals surface area (Å²) in [5.41, 5.74) is 6.50. The predicted molar refractivity (Wildman–Crippen MR) is 85.0 cm³/mol. The van der Waals surface area contributed by atoms with Gasteiger partial charge in [0.2, 0.25) is 5.82 Å². The van der Waals surface area contributed by atoms with Gasteiger partial charge in [-0.2, -0.15) is 0 Å². The van der Waals surface area contributed by atoms with Gasteiger partial charge in [0, 0.05) is 0 Å². The first-order chi connectivity index (χ1) is 11.1. The first kappa shape index (κ1) is 18.1. The molecule has 0 aliphatic carbocycles. The molecule has 2 heterocycles. The molecular weight excluding hydrogens is 364 g/mol. The van der Waals surface area contributed by atoms with Gasteiger partial charge in [0.05, 0.1) is 10.7 Å². The van der Waals surface area contributed by atoms with E-state index in [0.29, 0.717) is 25.1 Å². The fourth-order valence-corrected chi connectivity index (χ4v) is 2.24. The zero-order chi connectivity index (χ0) is 16.4. The molecule has 2 N–H and O–H groups in total. The van der Waals surface area contributed by atoms with Gasteiger partial charge in [0.25, 0.3) is 0 Å². The van der Waals surface area contributed by atoms with Crippen molar-refractivity contribution in [3.63, 3.8) is 0 Å². The lowest BCUT2D eigenvalue weighted by atomic mass is 10.2. The van der Waals surface area contributed by atoms with Gasteiger partial charge < -0.3 is 5.73 Å². The summed E-state index contributed by atoms with van der Waals surface area (Å²) in [6.07, 6.45) is 1.16.